The Hall–Kier alpha value is -2.30. The normalized spacial score (nSPS) is 12.5. The number of hydrogen-bond donors (Lipinski definition) is 0. The van der Waals surface area contributed by atoms with E-state index in [1.807, 2.05) is 0 Å². The van der Waals surface area contributed by atoms with E-state index in [0.717, 1.165) is 12.3 Å². The number of allylic oxidation sites excluding steroid dienone is 3. The molecule has 0 N–H and O–H groups in total. The Bertz CT molecular complexity index is 476. The van der Waals surface area contributed by atoms with Gasteiger partial charge in [-0.15, -0.1) is 5.75 Å². The van der Waals surface area contributed by atoms with Crippen molar-refractivity contribution in [1.29, 1.82) is 0 Å². The molecule has 0 unspecified atom stereocenters. The van der Waals surface area contributed by atoms with E-state index in [9.17, 15) is 18.7 Å². The Morgan fingerprint density at radius 1 is 1.29 bits per heavy atom. The molecule has 0 heterocycles. The maximum Gasteiger partial charge on any atom is 0.216 e. The number of aliphatic imine (C=N–C) groups is 1. The molecule has 0 saturated heterocycles. The number of benzene rings is 1. The van der Waals surface area contributed by atoms with Crippen LogP contribution < -0.4 is 5.11 Å². The molecule has 0 radical (unpaired) electrons. The van der Waals surface area contributed by atoms with Crippen LogP contribution in [0.4, 0.5) is 14.5 Å². The Balaban J connectivity index is 2.69. The van der Waals surface area contributed by atoms with Crippen molar-refractivity contribution in [1.82, 2.24) is 0 Å². The molecule has 0 bridgehead atoms. The highest BCUT2D eigenvalue weighted by molar-refractivity contribution is 6.04. The maximum atomic E-state index is 12.9. The van der Waals surface area contributed by atoms with Crippen LogP contribution in [0.2, 0.25) is 0 Å². The second-order valence-corrected chi connectivity index (χ2v) is 2.94. The van der Waals surface area contributed by atoms with E-state index in [1.54, 1.807) is 0 Å². The van der Waals surface area contributed by atoms with Crippen LogP contribution in [0.25, 0.3) is 0 Å². The Morgan fingerprint density at radius 3 is 2.53 bits per heavy atom. The van der Waals surface area contributed by atoms with E-state index >= 15 is 0 Å². The molecule has 88 valence electrons. The van der Waals surface area contributed by atoms with Gasteiger partial charge in [0.2, 0.25) is 5.78 Å². The van der Waals surface area contributed by atoms with Gasteiger partial charge in [-0.3, -0.25) is 9.79 Å². The van der Waals surface area contributed by atoms with E-state index in [4.69, 9.17) is 0 Å². The minimum Gasteiger partial charge on any atom is -0.872 e. The summed E-state index contributed by atoms with van der Waals surface area (Å²) in [5.41, 5.74) is 0.446. The van der Waals surface area contributed by atoms with Gasteiger partial charge in [-0.1, -0.05) is 12.1 Å². The molecule has 0 amide bonds. The molecule has 0 aromatic heterocycles. The molecule has 0 atom stereocenters. The standard InChI is InChI=1S/C12H9F2NO2/c13-7-5-12(17)11(14)6-8-15-9-1-3-10(16)4-2-9/h1-8,16H/p-1/b7-5+,11-6-,15-8?. The minimum atomic E-state index is -1.12. The van der Waals surface area contributed by atoms with Crippen molar-refractivity contribution in [2.75, 3.05) is 0 Å². The number of nitrogens with zero attached hydrogens (tertiary/aromatic N) is 1. The third-order valence-corrected chi connectivity index (χ3v) is 1.73. The van der Waals surface area contributed by atoms with Crippen LogP contribution in [0.15, 0.2) is 53.6 Å². The summed E-state index contributed by atoms with van der Waals surface area (Å²) in [6, 6.07) is 5.52. The third kappa shape index (κ3) is 4.38. The SMILES string of the molecule is O=C(/C=C/F)/C(F)=C/C=Nc1ccc([O-])cc1. The fourth-order valence-corrected chi connectivity index (χ4v) is 0.940. The van der Waals surface area contributed by atoms with Crippen molar-refractivity contribution < 1.29 is 18.7 Å². The lowest BCUT2D eigenvalue weighted by atomic mass is 10.3. The molecular formula is C12H8F2NO2-. The second-order valence-electron chi connectivity index (χ2n) is 2.94. The molecule has 1 aromatic rings. The number of rotatable bonds is 4. The van der Waals surface area contributed by atoms with Crippen LogP contribution in [0, 0.1) is 0 Å². The van der Waals surface area contributed by atoms with Gasteiger partial charge in [0.1, 0.15) is 0 Å². The lowest BCUT2D eigenvalue weighted by molar-refractivity contribution is -0.268. The monoisotopic (exact) mass is 236 g/mol. The zero-order valence-corrected chi connectivity index (χ0v) is 8.64. The number of hydrogen-bond acceptors (Lipinski definition) is 3. The average molecular weight is 236 g/mol. The highest BCUT2D eigenvalue weighted by Gasteiger charge is 2.02. The molecule has 0 fully saturated rings. The molecule has 17 heavy (non-hydrogen) atoms. The summed E-state index contributed by atoms with van der Waals surface area (Å²) in [4.78, 5) is 14.5. The van der Waals surface area contributed by atoms with E-state index in [-0.39, 0.29) is 12.1 Å². The van der Waals surface area contributed by atoms with Crippen LogP contribution in [0.3, 0.4) is 0 Å². The van der Waals surface area contributed by atoms with Crippen molar-refractivity contribution in [3.63, 3.8) is 0 Å². The predicted octanol–water partition coefficient (Wildman–Crippen LogP) is 2.37. The van der Waals surface area contributed by atoms with E-state index in [0.29, 0.717) is 11.8 Å². The van der Waals surface area contributed by atoms with Gasteiger partial charge in [-0.05, 0) is 18.2 Å². The molecule has 1 aromatic carbocycles. The van der Waals surface area contributed by atoms with Gasteiger partial charge in [-0.25, -0.2) is 8.78 Å². The molecule has 0 saturated carbocycles. The summed E-state index contributed by atoms with van der Waals surface area (Å²) in [6.45, 7) is 0. The van der Waals surface area contributed by atoms with Gasteiger partial charge >= 0.3 is 0 Å². The Morgan fingerprint density at radius 2 is 1.94 bits per heavy atom. The number of carbonyl (C=O) groups is 1. The first-order valence-corrected chi connectivity index (χ1v) is 4.61. The van der Waals surface area contributed by atoms with Gasteiger partial charge in [0, 0.05) is 12.3 Å². The lowest BCUT2D eigenvalue weighted by Crippen LogP contribution is -1.92. The summed E-state index contributed by atoms with van der Waals surface area (Å²) in [5, 5.41) is 10.8. The van der Waals surface area contributed by atoms with E-state index in [1.165, 1.54) is 24.3 Å². The van der Waals surface area contributed by atoms with Crippen molar-refractivity contribution in [2.45, 2.75) is 0 Å². The van der Waals surface area contributed by atoms with Crippen molar-refractivity contribution in [3.05, 3.63) is 48.6 Å². The first kappa shape index (κ1) is 12.8. The number of carbonyl (C=O) groups excluding carboxylic acids is 1. The number of halogens is 2. The topological polar surface area (TPSA) is 52.5 Å². The summed E-state index contributed by atoms with van der Waals surface area (Å²) in [6.07, 6.45) is 2.29. The highest BCUT2D eigenvalue weighted by atomic mass is 19.1. The predicted molar refractivity (Wildman–Crippen MR) is 58.5 cm³/mol. The van der Waals surface area contributed by atoms with E-state index in [2.05, 4.69) is 4.99 Å². The zero-order chi connectivity index (χ0) is 12.7. The zero-order valence-electron chi connectivity index (χ0n) is 8.64. The van der Waals surface area contributed by atoms with Gasteiger partial charge in [0.05, 0.1) is 12.0 Å². The summed E-state index contributed by atoms with van der Waals surface area (Å²) in [5.74, 6) is -2.36. The molecule has 0 spiro atoms. The first-order valence-electron chi connectivity index (χ1n) is 4.61. The van der Waals surface area contributed by atoms with Crippen molar-refractivity contribution >= 4 is 17.7 Å². The van der Waals surface area contributed by atoms with E-state index < -0.39 is 11.6 Å². The molecule has 5 heteroatoms. The summed E-state index contributed by atoms with van der Waals surface area (Å²) < 4.78 is 24.5. The first-order chi connectivity index (χ1) is 8.13. The maximum absolute atomic E-state index is 12.9. The summed E-state index contributed by atoms with van der Waals surface area (Å²) in [7, 11) is 0. The Labute approximate surface area is 96.4 Å². The average Bonchev–Trinajstić information content (AvgIpc) is 2.32. The Kier molecular flexibility index (Phi) is 4.75. The molecule has 0 aliphatic heterocycles. The molecular weight excluding hydrogens is 228 g/mol. The van der Waals surface area contributed by atoms with Crippen LogP contribution in [0.1, 0.15) is 0 Å². The largest absolute Gasteiger partial charge is 0.872 e. The molecule has 0 aliphatic carbocycles. The number of ketones is 1. The van der Waals surface area contributed by atoms with Crippen molar-refractivity contribution in [3.8, 4) is 5.75 Å². The fraction of sp³-hybridized carbons (Fsp3) is 0. The van der Waals surface area contributed by atoms with Crippen LogP contribution in [-0.4, -0.2) is 12.0 Å². The fourth-order valence-electron chi connectivity index (χ4n) is 0.940. The van der Waals surface area contributed by atoms with Crippen molar-refractivity contribution in [2.24, 2.45) is 4.99 Å². The van der Waals surface area contributed by atoms with Crippen LogP contribution in [0.5, 0.6) is 5.75 Å². The van der Waals surface area contributed by atoms with Gasteiger partial charge in [0.15, 0.2) is 5.83 Å². The van der Waals surface area contributed by atoms with Crippen LogP contribution in [-0.2, 0) is 4.79 Å². The van der Waals surface area contributed by atoms with Crippen LogP contribution >= 0.6 is 0 Å². The third-order valence-electron chi connectivity index (χ3n) is 1.73. The highest BCUT2D eigenvalue weighted by Crippen LogP contribution is 2.14. The van der Waals surface area contributed by atoms with Gasteiger partial charge in [0.25, 0.3) is 0 Å². The van der Waals surface area contributed by atoms with Gasteiger partial charge < -0.3 is 5.11 Å². The quantitative estimate of drug-likeness (QED) is 0.595. The lowest BCUT2D eigenvalue weighted by Gasteiger charge is -2.02. The van der Waals surface area contributed by atoms with Gasteiger partial charge in [-0.2, -0.15) is 0 Å². The molecule has 3 nitrogen and oxygen atoms in total. The smallest absolute Gasteiger partial charge is 0.216 e. The minimum absolute atomic E-state index is 0.0418. The second kappa shape index (κ2) is 6.32. The summed E-state index contributed by atoms with van der Waals surface area (Å²) >= 11 is 0. The molecule has 0 aliphatic rings. The molecule has 1 rings (SSSR count).